The molecule has 0 radical (unpaired) electrons. The largest absolute Gasteiger partial charge is 0.367 e. The predicted molar refractivity (Wildman–Crippen MR) is 150 cm³/mol. The van der Waals surface area contributed by atoms with Crippen LogP contribution >= 0.6 is 11.3 Å². The van der Waals surface area contributed by atoms with Crippen LogP contribution in [0.1, 0.15) is 51.3 Å². The van der Waals surface area contributed by atoms with Gasteiger partial charge >= 0.3 is 0 Å². The highest BCUT2D eigenvalue weighted by atomic mass is 32.1. The number of hydrogen-bond acceptors (Lipinski definition) is 6. The normalized spacial score (nSPS) is 20.2. The van der Waals surface area contributed by atoms with Crippen LogP contribution in [0.15, 0.2) is 60.0 Å². The first kappa shape index (κ1) is 26.3. The van der Waals surface area contributed by atoms with Crippen molar-refractivity contribution in [3.05, 3.63) is 81.8 Å². The third-order valence-corrected chi connectivity index (χ3v) is 8.33. The van der Waals surface area contributed by atoms with Gasteiger partial charge in [0, 0.05) is 56.1 Å². The molecule has 3 aromatic rings. The summed E-state index contributed by atoms with van der Waals surface area (Å²) in [5.74, 6) is -0.580. The van der Waals surface area contributed by atoms with E-state index in [4.69, 9.17) is 5.73 Å². The van der Waals surface area contributed by atoms with Gasteiger partial charge in [0.25, 0.3) is 11.8 Å². The number of piperazine rings is 1. The SMILES string of the molecule is NC1CCCCC1NC(=O)c1ccc(CN2CCN(c3ccccc3F)CC2)c(NC(=O)c2cccs2)c1. The summed E-state index contributed by atoms with van der Waals surface area (Å²) in [7, 11) is 0. The van der Waals surface area contributed by atoms with Gasteiger partial charge in [-0.2, -0.15) is 0 Å². The number of nitrogens with one attached hydrogen (secondary N) is 2. The van der Waals surface area contributed by atoms with Crippen LogP contribution < -0.4 is 21.3 Å². The van der Waals surface area contributed by atoms with Crippen LogP contribution in [-0.2, 0) is 6.54 Å². The molecular formula is C29H34FN5O2S. The minimum atomic E-state index is -0.206. The Morgan fingerprint density at radius 3 is 2.50 bits per heavy atom. The number of carbonyl (C=O) groups is 2. The summed E-state index contributed by atoms with van der Waals surface area (Å²) in [6.45, 7) is 3.55. The maximum Gasteiger partial charge on any atom is 0.265 e. The third kappa shape index (κ3) is 6.23. The fraction of sp³-hybridized carbons (Fsp3) is 0.379. The average Bonchev–Trinajstić information content (AvgIpc) is 3.47. The van der Waals surface area contributed by atoms with Crippen molar-refractivity contribution in [2.24, 2.45) is 5.73 Å². The number of hydrogen-bond donors (Lipinski definition) is 3. The molecule has 38 heavy (non-hydrogen) atoms. The molecule has 2 atom stereocenters. The summed E-state index contributed by atoms with van der Waals surface area (Å²) < 4.78 is 14.2. The number of thiophene rings is 1. The number of carbonyl (C=O) groups excluding carboxylic acids is 2. The lowest BCUT2D eigenvalue weighted by atomic mass is 9.91. The second-order valence-electron chi connectivity index (χ2n) is 10.0. The van der Waals surface area contributed by atoms with Gasteiger partial charge in [0.15, 0.2) is 0 Å². The molecule has 1 saturated heterocycles. The number of anilines is 2. The van der Waals surface area contributed by atoms with Crippen LogP contribution in [0.5, 0.6) is 0 Å². The summed E-state index contributed by atoms with van der Waals surface area (Å²) in [6.07, 6.45) is 3.95. The third-order valence-electron chi connectivity index (χ3n) is 7.46. The van der Waals surface area contributed by atoms with E-state index < -0.39 is 0 Å². The van der Waals surface area contributed by atoms with E-state index in [2.05, 4.69) is 20.4 Å². The number of nitrogens with zero attached hydrogens (tertiary/aromatic N) is 2. The molecule has 0 bridgehead atoms. The van der Waals surface area contributed by atoms with Crippen LogP contribution in [0.2, 0.25) is 0 Å². The van der Waals surface area contributed by atoms with Gasteiger partial charge in [-0.15, -0.1) is 11.3 Å². The van der Waals surface area contributed by atoms with Crippen molar-refractivity contribution in [1.82, 2.24) is 10.2 Å². The molecule has 1 aliphatic heterocycles. The van der Waals surface area contributed by atoms with Crippen molar-refractivity contribution in [2.75, 3.05) is 36.4 Å². The molecule has 2 fully saturated rings. The Morgan fingerprint density at radius 2 is 1.76 bits per heavy atom. The fourth-order valence-corrected chi connectivity index (χ4v) is 5.87. The highest BCUT2D eigenvalue weighted by molar-refractivity contribution is 7.12. The number of halogens is 1. The molecule has 1 aromatic heterocycles. The Kier molecular flexibility index (Phi) is 8.36. The van der Waals surface area contributed by atoms with Gasteiger partial charge in [-0.05, 0) is 54.1 Å². The van der Waals surface area contributed by atoms with Crippen molar-refractivity contribution in [1.29, 1.82) is 0 Å². The van der Waals surface area contributed by atoms with Crippen LogP contribution in [0, 0.1) is 5.82 Å². The number of benzene rings is 2. The first-order valence-corrected chi connectivity index (χ1v) is 14.1. The molecule has 1 aliphatic carbocycles. The molecule has 4 N–H and O–H groups in total. The van der Waals surface area contributed by atoms with E-state index in [9.17, 15) is 14.0 Å². The molecule has 2 unspecified atom stereocenters. The summed E-state index contributed by atoms with van der Waals surface area (Å²) in [5, 5.41) is 7.99. The lowest BCUT2D eigenvalue weighted by molar-refractivity contribution is 0.0920. The zero-order valence-corrected chi connectivity index (χ0v) is 22.2. The first-order valence-electron chi connectivity index (χ1n) is 13.2. The number of nitrogens with two attached hydrogens (primary N) is 1. The van der Waals surface area contributed by atoms with E-state index in [0.29, 0.717) is 41.4 Å². The van der Waals surface area contributed by atoms with Gasteiger partial charge < -0.3 is 21.3 Å². The van der Waals surface area contributed by atoms with Gasteiger partial charge in [-0.1, -0.05) is 37.1 Å². The highest BCUT2D eigenvalue weighted by Gasteiger charge is 2.25. The van der Waals surface area contributed by atoms with Gasteiger partial charge in [0.1, 0.15) is 5.82 Å². The quantitative estimate of drug-likeness (QED) is 0.416. The van der Waals surface area contributed by atoms with Gasteiger partial charge in [0.05, 0.1) is 10.6 Å². The zero-order valence-electron chi connectivity index (χ0n) is 21.4. The molecule has 0 spiro atoms. The van der Waals surface area contributed by atoms with E-state index in [0.717, 1.165) is 44.3 Å². The topological polar surface area (TPSA) is 90.7 Å². The Balaban J connectivity index is 1.30. The lowest BCUT2D eigenvalue weighted by Gasteiger charge is -2.36. The molecule has 7 nitrogen and oxygen atoms in total. The summed E-state index contributed by atoms with van der Waals surface area (Å²) >= 11 is 1.37. The second-order valence-corrected chi connectivity index (χ2v) is 11.0. The zero-order chi connectivity index (χ0) is 26.5. The number of amides is 2. The summed E-state index contributed by atoms with van der Waals surface area (Å²) in [5.41, 5.74) is 8.92. The van der Waals surface area contributed by atoms with Crippen molar-refractivity contribution in [3.63, 3.8) is 0 Å². The molecular weight excluding hydrogens is 501 g/mol. The van der Waals surface area contributed by atoms with Crippen molar-refractivity contribution in [2.45, 2.75) is 44.3 Å². The minimum Gasteiger partial charge on any atom is -0.367 e. The lowest BCUT2D eigenvalue weighted by Crippen LogP contribution is -2.49. The standard InChI is InChI=1S/C29H34FN5O2S/c30-22-6-1-4-9-26(22)35-15-13-34(14-16-35)19-21-12-11-20(28(36)32-24-8-3-2-7-23(24)31)18-25(21)33-29(37)27-10-5-17-38-27/h1,4-6,9-12,17-18,23-24H,2-3,7-8,13-16,19,31H2,(H,32,36)(H,33,37). The number of rotatable bonds is 7. The molecule has 9 heteroatoms. The average molecular weight is 536 g/mol. The maximum atomic E-state index is 14.2. The van der Waals surface area contributed by atoms with Gasteiger partial charge in [-0.3, -0.25) is 14.5 Å². The molecule has 2 aromatic carbocycles. The maximum absolute atomic E-state index is 14.2. The van der Waals surface area contributed by atoms with Crippen LogP contribution in [0.4, 0.5) is 15.8 Å². The molecule has 5 rings (SSSR count). The molecule has 1 saturated carbocycles. The molecule has 2 heterocycles. The number of para-hydroxylation sites is 1. The van der Waals surface area contributed by atoms with E-state index in [-0.39, 0.29) is 29.7 Å². The fourth-order valence-electron chi connectivity index (χ4n) is 5.25. The minimum absolute atomic E-state index is 0.0343. The van der Waals surface area contributed by atoms with E-state index in [1.807, 2.05) is 35.7 Å². The Labute approximate surface area is 226 Å². The Bertz CT molecular complexity index is 1260. The van der Waals surface area contributed by atoms with Crippen LogP contribution in [0.3, 0.4) is 0 Å². The highest BCUT2D eigenvalue weighted by Crippen LogP contribution is 2.25. The summed E-state index contributed by atoms with van der Waals surface area (Å²) in [4.78, 5) is 31.0. The Morgan fingerprint density at radius 1 is 0.974 bits per heavy atom. The summed E-state index contributed by atoms with van der Waals surface area (Å²) in [6, 6.07) is 15.9. The second kappa shape index (κ2) is 12.1. The van der Waals surface area contributed by atoms with Gasteiger partial charge in [-0.25, -0.2) is 4.39 Å². The van der Waals surface area contributed by atoms with E-state index in [1.54, 1.807) is 18.2 Å². The molecule has 2 amide bonds. The monoisotopic (exact) mass is 535 g/mol. The van der Waals surface area contributed by atoms with Crippen LogP contribution in [-0.4, -0.2) is 55.0 Å². The van der Waals surface area contributed by atoms with Crippen molar-refractivity contribution in [3.8, 4) is 0 Å². The predicted octanol–water partition coefficient (Wildman–Crippen LogP) is 4.46. The van der Waals surface area contributed by atoms with Crippen molar-refractivity contribution >= 4 is 34.5 Å². The van der Waals surface area contributed by atoms with Gasteiger partial charge in [0.2, 0.25) is 0 Å². The molecule has 2 aliphatic rings. The first-order chi connectivity index (χ1) is 18.5. The Hall–Kier alpha value is -3.27. The van der Waals surface area contributed by atoms with E-state index >= 15 is 0 Å². The molecule has 200 valence electrons. The smallest absolute Gasteiger partial charge is 0.265 e. The van der Waals surface area contributed by atoms with Crippen LogP contribution in [0.25, 0.3) is 0 Å². The van der Waals surface area contributed by atoms with E-state index in [1.165, 1.54) is 17.4 Å². The van der Waals surface area contributed by atoms with Crippen molar-refractivity contribution < 1.29 is 14.0 Å².